The zero-order valence-corrected chi connectivity index (χ0v) is 17.4. The summed E-state index contributed by atoms with van der Waals surface area (Å²) >= 11 is 0. The Morgan fingerprint density at radius 1 is 1.00 bits per heavy atom. The average molecular weight is 405 g/mol. The highest BCUT2D eigenvalue weighted by Gasteiger charge is 2.21. The molecule has 3 heterocycles. The summed E-state index contributed by atoms with van der Waals surface area (Å²) in [6.45, 7) is 7.85. The Balaban J connectivity index is 1.35. The summed E-state index contributed by atoms with van der Waals surface area (Å²) < 4.78 is 1.96. The zero-order chi connectivity index (χ0) is 20.6. The van der Waals surface area contributed by atoms with Crippen molar-refractivity contribution in [2.45, 2.75) is 20.0 Å². The van der Waals surface area contributed by atoms with E-state index in [0.29, 0.717) is 6.54 Å². The van der Waals surface area contributed by atoms with Crippen molar-refractivity contribution in [1.29, 1.82) is 0 Å². The van der Waals surface area contributed by atoms with Gasteiger partial charge in [-0.05, 0) is 18.6 Å². The molecule has 0 unspecified atom stereocenters. The van der Waals surface area contributed by atoms with Crippen LogP contribution < -0.4 is 10.2 Å². The van der Waals surface area contributed by atoms with E-state index < -0.39 is 0 Å². The van der Waals surface area contributed by atoms with Crippen molar-refractivity contribution in [3.8, 4) is 0 Å². The maximum absolute atomic E-state index is 4.85. The third-order valence-corrected chi connectivity index (χ3v) is 5.03. The van der Waals surface area contributed by atoms with E-state index in [0.717, 1.165) is 56.7 Å². The van der Waals surface area contributed by atoms with Gasteiger partial charge in [0.1, 0.15) is 0 Å². The summed E-state index contributed by atoms with van der Waals surface area (Å²) in [6.07, 6.45) is 7.56. The summed E-state index contributed by atoms with van der Waals surface area (Å²) in [4.78, 5) is 18.1. The van der Waals surface area contributed by atoms with Crippen molar-refractivity contribution in [3.05, 3.63) is 72.3 Å². The van der Waals surface area contributed by atoms with Crippen LogP contribution in [0.15, 0.2) is 66.2 Å². The lowest BCUT2D eigenvalue weighted by atomic mass is 10.2. The van der Waals surface area contributed by atoms with Crippen LogP contribution in [0.1, 0.15) is 18.1 Å². The Labute approximate surface area is 177 Å². The molecule has 156 valence electrons. The summed E-state index contributed by atoms with van der Waals surface area (Å²) in [5, 5.41) is 7.91. The van der Waals surface area contributed by atoms with Crippen LogP contribution in [0.4, 0.5) is 5.95 Å². The molecule has 8 heteroatoms. The molecule has 30 heavy (non-hydrogen) atoms. The molecule has 1 fully saturated rings. The predicted octanol–water partition coefficient (Wildman–Crippen LogP) is 2.01. The van der Waals surface area contributed by atoms with Gasteiger partial charge in [0.2, 0.25) is 5.95 Å². The van der Waals surface area contributed by atoms with Crippen molar-refractivity contribution in [3.63, 3.8) is 0 Å². The van der Waals surface area contributed by atoms with Gasteiger partial charge >= 0.3 is 0 Å². The van der Waals surface area contributed by atoms with E-state index in [1.54, 1.807) is 12.4 Å². The van der Waals surface area contributed by atoms with Gasteiger partial charge in [-0.15, -0.1) is 0 Å². The zero-order valence-electron chi connectivity index (χ0n) is 17.4. The third kappa shape index (κ3) is 5.14. The lowest BCUT2D eigenvalue weighted by molar-refractivity contribution is 0.370. The first-order valence-corrected chi connectivity index (χ1v) is 10.4. The number of nitrogens with zero attached hydrogens (tertiary/aromatic N) is 7. The summed E-state index contributed by atoms with van der Waals surface area (Å²) in [6, 6.07) is 12.2. The maximum Gasteiger partial charge on any atom is 0.225 e. The number of guanidine groups is 1. The molecule has 0 amide bonds. The Bertz CT molecular complexity index is 930. The molecule has 1 aromatic carbocycles. The van der Waals surface area contributed by atoms with Crippen molar-refractivity contribution >= 4 is 11.9 Å². The Kier molecular flexibility index (Phi) is 6.54. The highest BCUT2D eigenvalue weighted by Crippen LogP contribution is 2.11. The van der Waals surface area contributed by atoms with Gasteiger partial charge in [-0.2, -0.15) is 5.10 Å². The van der Waals surface area contributed by atoms with Gasteiger partial charge in [0.25, 0.3) is 0 Å². The maximum atomic E-state index is 4.85. The predicted molar refractivity (Wildman–Crippen MR) is 118 cm³/mol. The first-order chi connectivity index (χ1) is 14.8. The van der Waals surface area contributed by atoms with Crippen LogP contribution in [0.3, 0.4) is 0 Å². The largest absolute Gasteiger partial charge is 0.357 e. The average Bonchev–Trinajstić information content (AvgIpc) is 3.25. The molecular formula is C22H28N8. The van der Waals surface area contributed by atoms with Gasteiger partial charge in [-0.25, -0.2) is 15.0 Å². The van der Waals surface area contributed by atoms with Crippen molar-refractivity contribution in [2.75, 3.05) is 37.6 Å². The molecule has 3 aromatic rings. The molecule has 0 spiro atoms. The lowest BCUT2D eigenvalue weighted by Gasteiger charge is -2.36. The Morgan fingerprint density at radius 2 is 1.77 bits per heavy atom. The Morgan fingerprint density at radius 3 is 2.50 bits per heavy atom. The number of piperazine rings is 1. The van der Waals surface area contributed by atoms with Crippen LogP contribution in [-0.2, 0) is 13.1 Å². The van der Waals surface area contributed by atoms with Crippen LogP contribution in [0.25, 0.3) is 0 Å². The molecule has 4 rings (SSSR count). The first-order valence-electron chi connectivity index (χ1n) is 10.4. The summed E-state index contributed by atoms with van der Waals surface area (Å²) in [5.41, 5.74) is 2.35. The number of benzene rings is 1. The molecule has 0 aliphatic carbocycles. The van der Waals surface area contributed by atoms with Crippen LogP contribution in [0.5, 0.6) is 0 Å². The van der Waals surface area contributed by atoms with E-state index in [9.17, 15) is 0 Å². The number of aromatic nitrogens is 4. The van der Waals surface area contributed by atoms with E-state index in [2.05, 4.69) is 67.6 Å². The third-order valence-electron chi connectivity index (χ3n) is 5.03. The van der Waals surface area contributed by atoms with Crippen LogP contribution >= 0.6 is 0 Å². The second-order valence-corrected chi connectivity index (χ2v) is 7.22. The molecule has 1 saturated heterocycles. The number of hydrogen-bond donors (Lipinski definition) is 1. The SMILES string of the molecule is CCNC(=NCc1cnn(Cc2ccccc2)c1)N1CCN(c2ncccn2)CC1. The highest BCUT2D eigenvalue weighted by atomic mass is 15.4. The van der Waals surface area contributed by atoms with E-state index in [-0.39, 0.29) is 0 Å². The number of rotatable bonds is 6. The van der Waals surface area contributed by atoms with Gasteiger partial charge in [-0.3, -0.25) is 4.68 Å². The first kappa shape index (κ1) is 19.9. The molecule has 1 N–H and O–H groups in total. The molecule has 8 nitrogen and oxygen atoms in total. The topological polar surface area (TPSA) is 74.5 Å². The molecular weight excluding hydrogens is 376 g/mol. The van der Waals surface area contributed by atoms with Crippen molar-refractivity contribution < 1.29 is 0 Å². The van der Waals surface area contributed by atoms with Gasteiger partial charge in [0, 0.05) is 56.9 Å². The molecule has 0 saturated carbocycles. The van der Waals surface area contributed by atoms with E-state index in [1.807, 2.05) is 23.0 Å². The molecule has 1 aliphatic heterocycles. The van der Waals surface area contributed by atoms with Gasteiger partial charge in [0.05, 0.1) is 19.3 Å². The van der Waals surface area contributed by atoms with Crippen LogP contribution in [0, 0.1) is 0 Å². The molecule has 2 aromatic heterocycles. The Hall–Kier alpha value is -3.42. The lowest BCUT2D eigenvalue weighted by Crippen LogP contribution is -2.52. The molecule has 1 aliphatic rings. The number of nitrogens with one attached hydrogen (secondary N) is 1. The van der Waals surface area contributed by atoms with Crippen LogP contribution in [-0.4, -0.2) is 63.3 Å². The second kappa shape index (κ2) is 9.87. The fourth-order valence-corrected chi connectivity index (χ4v) is 3.51. The quantitative estimate of drug-likeness (QED) is 0.500. The van der Waals surface area contributed by atoms with Crippen molar-refractivity contribution in [2.24, 2.45) is 4.99 Å². The standard InChI is InChI=1S/C22H28N8/c1-2-23-21(28-11-13-29(14-12-28)22-24-9-6-10-25-22)26-15-20-16-27-30(18-20)17-19-7-4-3-5-8-19/h3-10,16,18H,2,11-15,17H2,1H3,(H,23,26). The molecule has 0 atom stereocenters. The summed E-state index contributed by atoms with van der Waals surface area (Å²) in [7, 11) is 0. The number of aliphatic imine (C=N–C) groups is 1. The van der Waals surface area contributed by atoms with Gasteiger partial charge in [-0.1, -0.05) is 30.3 Å². The van der Waals surface area contributed by atoms with E-state index in [4.69, 9.17) is 4.99 Å². The van der Waals surface area contributed by atoms with E-state index >= 15 is 0 Å². The molecule has 0 radical (unpaired) electrons. The van der Waals surface area contributed by atoms with Crippen molar-refractivity contribution in [1.82, 2.24) is 30.0 Å². The summed E-state index contributed by atoms with van der Waals surface area (Å²) in [5.74, 6) is 1.74. The fourth-order valence-electron chi connectivity index (χ4n) is 3.51. The van der Waals surface area contributed by atoms with Gasteiger partial charge < -0.3 is 15.1 Å². The molecule has 0 bridgehead atoms. The smallest absolute Gasteiger partial charge is 0.225 e. The van der Waals surface area contributed by atoms with Crippen LogP contribution in [0.2, 0.25) is 0 Å². The van der Waals surface area contributed by atoms with E-state index in [1.165, 1.54) is 5.56 Å². The number of hydrogen-bond acceptors (Lipinski definition) is 5. The monoisotopic (exact) mass is 404 g/mol. The minimum atomic E-state index is 0.610. The highest BCUT2D eigenvalue weighted by molar-refractivity contribution is 5.80. The normalized spacial score (nSPS) is 14.8. The minimum Gasteiger partial charge on any atom is -0.357 e. The fraction of sp³-hybridized carbons (Fsp3) is 0.364. The number of anilines is 1. The second-order valence-electron chi connectivity index (χ2n) is 7.22. The minimum absolute atomic E-state index is 0.610. The van der Waals surface area contributed by atoms with Gasteiger partial charge in [0.15, 0.2) is 5.96 Å².